The Hall–Kier alpha value is -3.35. The largest absolute Gasteiger partial charge is 0.481 e. The highest BCUT2D eigenvalue weighted by Gasteiger charge is 2.34. The van der Waals surface area contributed by atoms with Gasteiger partial charge in [-0.05, 0) is 63.1 Å². The SMILES string of the molecule is COC(=O)N1c2ccc3c(nc(C(C)c4ccccc4)n3[C@H]3CC[C@H](C(=O)O)CC3)c2CC[C@@H]1C. The van der Waals surface area contributed by atoms with Gasteiger partial charge in [0.1, 0.15) is 5.82 Å². The molecule has 0 radical (unpaired) electrons. The van der Waals surface area contributed by atoms with Crippen LogP contribution in [0.2, 0.25) is 0 Å². The van der Waals surface area contributed by atoms with Gasteiger partial charge in [-0.2, -0.15) is 0 Å². The van der Waals surface area contributed by atoms with E-state index < -0.39 is 5.97 Å². The number of aryl methyl sites for hydroxylation is 1. The molecule has 2 aromatic carbocycles. The maximum atomic E-state index is 12.6. The van der Waals surface area contributed by atoms with Crippen molar-refractivity contribution >= 4 is 28.8 Å². The predicted molar refractivity (Wildman–Crippen MR) is 135 cm³/mol. The number of rotatable bonds is 4. The van der Waals surface area contributed by atoms with E-state index in [-0.39, 0.29) is 30.0 Å². The molecule has 0 spiro atoms. The van der Waals surface area contributed by atoms with E-state index >= 15 is 0 Å². The Bertz CT molecular complexity index is 1240. The van der Waals surface area contributed by atoms with Crippen LogP contribution in [0.15, 0.2) is 42.5 Å². The summed E-state index contributed by atoms with van der Waals surface area (Å²) >= 11 is 0. The van der Waals surface area contributed by atoms with Crippen LogP contribution in [-0.2, 0) is 16.0 Å². The molecule has 1 saturated carbocycles. The summed E-state index contributed by atoms with van der Waals surface area (Å²) in [4.78, 5) is 31.2. The van der Waals surface area contributed by atoms with E-state index in [2.05, 4.69) is 29.7 Å². The molecular formula is C28H33N3O4. The molecule has 35 heavy (non-hydrogen) atoms. The van der Waals surface area contributed by atoms with Gasteiger partial charge in [0.2, 0.25) is 0 Å². The summed E-state index contributed by atoms with van der Waals surface area (Å²) in [5.41, 5.74) is 5.18. The normalized spacial score (nSPS) is 23.1. The first kappa shape index (κ1) is 23.4. The van der Waals surface area contributed by atoms with E-state index in [1.807, 2.05) is 31.2 Å². The fourth-order valence-corrected chi connectivity index (χ4v) is 5.95. The summed E-state index contributed by atoms with van der Waals surface area (Å²) < 4.78 is 7.46. The van der Waals surface area contributed by atoms with E-state index in [1.165, 1.54) is 12.7 Å². The molecule has 2 heterocycles. The number of aromatic nitrogens is 2. The summed E-state index contributed by atoms with van der Waals surface area (Å²) in [6.45, 7) is 4.23. The Morgan fingerprint density at radius 1 is 1.06 bits per heavy atom. The molecule has 1 amide bonds. The number of anilines is 1. The Morgan fingerprint density at radius 2 is 1.77 bits per heavy atom. The molecular weight excluding hydrogens is 442 g/mol. The van der Waals surface area contributed by atoms with Gasteiger partial charge in [-0.1, -0.05) is 37.3 Å². The van der Waals surface area contributed by atoms with Gasteiger partial charge in [0.25, 0.3) is 0 Å². The molecule has 5 rings (SSSR count). The zero-order chi connectivity index (χ0) is 24.7. The summed E-state index contributed by atoms with van der Waals surface area (Å²) in [5.74, 6) is 0.124. The molecule has 1 fully saturated rings. The third-order valence-corrected chi connectivity index (χ3v) is 7.95. The Kier molecular flexibility index (Phi) is 6.26. The number of carbonyl (C=O) groups excluding carboxylic acids is 1. The first-order valence-corrected chi connectivity index (χ1v) is 12.6. The fraction of sp³-hybridized carbons (Fsp3) is 0.464. The molecule has 1 aliphatic heterocycles. The molecule has 3 aromatic rings. The van der Waals surface area contributed by atoms with Crippen LogP contribution in [0, 0.1) is 5.92 Å². The smallest absolute Gasteiger partial charge is 0.414 e. The standard InChI is InChI=1S/C28H33N3O4/c1-17-9-14-22-23(30(17)28(34)35-3)15-16-24-25(22)29-26(18(2)19-7-5-4-6-8-19)31(24)21-12-10-20(11-13-21)27(32)33/h4-8,15-18,20-21H,9-14H2,1-3H3,(H,32,33)/t17-,18?,20-,21-/m0/s1. The lowest BCUT2D eigenvalue weighted by atomic mass is 9.85. The molecule has 1 N–H and O–H groups in total. The number of methoxy groups -OCH3 is 1. The molecule has 1 unspecified atom stereocenters. The average molecular weight is 476 g/mol. The van der Waals surface area contributed by atoms with Gasteiger partial charge in [-0.25, -0.2) is 9.78 Å². The van der Waals surface area contributed by atoms with Crippen LogP contribution < -0.4 is 4.90 Å². The molecule has 0 saturated heterocycles. The monoisotopic (exact) mass is 475 g/mol. The second-order valence-corrected chi connectivity index (χ2v) is 9.97. The lowest BCUT2D eigenvalue weighted by Crippen LogP contribution is -2.42. The van der Waals surface area contributed by atoms with Crippen molar-refractivity contribution in [2.75, 3.05) is 12.0 Å². The molecule has 2 aliphatic rings. The van der Waals surface area contributed by atoms with Crippen molar-refractivity contribution in [1.29, 1.82) is 0 Å². The van der Waals surface area contributed by atoms with Crippen LogP contribution in [-0.4, -0.2) is 39.9 Å². The number of fused-ring (bicyclic) bond motifs is 3. The minimum Gasteiger partial charge on any atom is -0.481 e. The second-order valence-electron chi connectivity index (χ2n) is 9.97. The number of amides is 1. The highest BCUT2D eigenvalue weighted by Crippen LogP contribution is 2.42. The van der Waals surface area contributed by atoms with E-state index in [0.717, 1.165) is 53.8 Å². The molecule has 1 aromatic heterocycles. The second kappa shape index (κ2) is 9.36. The highest BCUT2D eigenvalue weighted by atomic mass is 16.5. The van der Waals surface area contributed by atoms with Crippen LogP contribution >= 0.6 is 0 Å². The van der Waals surface area contributed by atoms with E-state index in [4.69, 9.17) is 9.72 Å². The van der Waals surface area contributed by atoms with Crippen LogP contribution in [0.25, 0.3) is 11.0 Å². The summed E-state index contributed by atoms with van der Waals surface area (Å²) in [6, 6.07) is 14.8. The maximum Gasteiger partial charge on any atom is 0.414 e. The lowest BCUT2D eigenvalue weighted by Gasteiger charge is -2.34. The molecule has 1 aliphatic carbocycles. The first-order chi connectivity index (χ1) is 16.9. The Balaban J connectivity index is 1.65. The number of imidazole rings is 1. The van der Waals surface area contributed by atoms with Crippen molar-refractivity contribution in [3.05, 3.63) is 59.4 Å². The summed E-state index contributed by atoms with van der Waals surface area (Å²) in [7, 11) is 1.42. The van der Waals surface area contributed by atoms with Crippen LogP contribution in [0.5, 0.6) is 0 Å². The van der Waals surface area contributed by atoms with Crippen molar-refractivity contribution in [2.45, 2.75) is 70.4 Å². The highest BCUT2D eigenvalue weighted by molar-refractivity contribution is 5.95. The van der Waals surface area contributed by atoms with Crippen molar-refractivity contribution in [3.63, 3.8) is 0 Å². The number of hydrogen-bond acceptors (Lipinski definition) is 4. The topological polar surface area (TPSA) is 84.7 Å². The summed E-state index contributed by atoms with van der Waals surface area (Å²) in [5, 5.41) is 9.50. The van der Waals surface area contributed by atoms with Gasteiger partial charge in [-0.3, -0.25) is 9.69 Å². The van der Waals surface area contributed by atoms with Crippen LogP contribution in [0.1, 0.15) is 74.9 Å². The van der Waals surface area contributed by atoms with E-state index in [1.54, 1.807) is 4.90 Å². The number of carboxylic acids is 1. The predicted octanol–water partition coefficient (Wildman–Crippen LogP) is 5.91. The number of hydrogen-bond donors (Lipinski definition) is 1. The molecule has 7 nitrogen and oxygen atoms in total. The van der Waals surface area contributed by atoms with Gasteiger partial charge in [0.05, 0.1) is 29.7 Å². The molecule has 0 bridgehead atoms. The molecule has 184 valence electrons. The summed E-state index contributed by atoms with van der Waals surface area (Å²) in [6.07, 6.45) is 4.35. The van der Waals surface area contributed by atoms with Crippen molar-refractivity contribution in [2.24, 2.45) is 5.92 Å². The Labute approximate surface area is 205 Å². The first-order valence-electron chi connectivity index (χ1n) is 12.6. The quantitative estimate of drug-likeness (QED) is 0.507. The van der Waals surface area contributed by atoms with Crippen molar-refractivity contribution < 1.29 is 19.4 Å². The van der Waals surface area contributed by atoms with Gasteiger partial charge in [-0.15, -0.1) is 0 Å². The number of carboxylic acid groups (broad SMARTS) is 1. The number of benzene rings is 2. The molecule has 2 atom stereocenters. The number of nitrogens with zero attached hydrogens (tertiary/aromatic N) is 3. The van der Waals surface area contributed by atoms with Gasteiger partial charge in [0, 0.05) is 23.6 Å². The Morgan fingerprint density at radius 3 is 2.43 bits per heavy atom. The van der Waals surface area contributed by atoms with E-state index in [0.29, 0.717) is 12.8 Å². The minimum absolute atomic E-state index is 0.0588. The maximum absolute atomic E-state index is 12.6. The third-order valence-electron chi connectivity index (χ3n) is 7.95. The third kappa shape index (κ3) is 4.07. The van der Waals surface area contributed by atoms with Gasteiger partial charge < -0.3 is 14.4 Å². The van der Waals surface area contributed by atoms with Crippen LogP contribution in [0.4, 0.5) is 10.5 Å². The zero-order valence-corrected chi connectivity index (χ0v) is 20.6. The number of aliphatic carboxylic acids is 1. The van der Waals surface area contributed by atoms with Gasteiger partial charge in [0.15, 0.2) is 0 Å². The molecule has 7 heteroatoms. The van der Waals surface area contributed by atoms with Gasteiger partial charge >= 0.3 is 12.1 Å². The van der Waals surface area contributed by atoms with Crippen molar-refractivity contribution in [3.8, 4) is 0 Å². The number of carbonyl (C=O) groups is 2. The van der Waals surface area contributed by atoms with E-state index in [9.17, 15) is 14.7 Å². The minimum atomic E-state index is -0.692. The van der Waals surface area contributed by atoms with Crippen molar-refractivity contribution in [1.82, 2.24) is 9.55 Å². The zero-order valence-electron chi connectivity index (χ0n) is 20.6. The lowest BCUT2D eigenvalue weighted by molar-refractivity contribution is -0.143. The average Bonchev–Trinajstić information content (AvgIpc) is 3.28. The van der Waals surface area contributed by atoms with Crippen LogP contribution in [0.3, 0.4) is 0 Å². The fourth-order valence-electron chi connectivity index (χ4n) is 5.95. The number of ether oxygens (including phenoxy) is 1.